The molecule has 0 radical (unpaired) electrons. The lowest BCUT2D eigenvalue weighted by Crippen LogP contribution is -2.37. The summed E-state index contributed by atoms with van der Waals surface area (Å²) in [5.41, 5.74) is 1.67. The molecule has 0 aromatic heterocycles. The summed E-state index contributed by atoms with van der Waals surface area (Å²) in [5, 5.41) is 0. The van der Waals surface area contributed by atoms with Gasteiger partial charge in [0.2, 0.25) is 6.41 Å². The van der Waals surface area contributed by atoms with Crippen LogP contribution in [0.15, 0.2) is 24.3 Å². The standard InChI is InChI=1S/C15H19NO3/c1-2-12-5-3-4-6-14(12)15(18)19-13-7-9-16(11-17)10-8-13/h3-6,11,13H,2,7-10H2,1H3. The van der Waals surface area contributed by atoms with E-state index >= 15 is 0 Å². The Balaban J connectivity index is 1.96. The summed E-state index contributed by atoms with van der Waals surface area (Å²) in [7, 11) is 0. The fourth-order valence-corrected chi connectivity index (χ4v) is 2.34. The van der Waals surface area contributed by atoms with E-state index in [4.69, 9.17) is 4.74 Å². The highest BCUT2D eigenvalue weighted by Crippen LogP contribution is 2.17. The topological polar surface area (TPSA) is 46.6 Å². The van der Waals surface area contributed by atoms with Gasteiger partial charge in [0.15, 0.2) is 0 Å². The molecule has 1 fully saturated rings. The molecule has 1 aromatic rings. The van der Waals surface area contributed by atoms with Gasteiger partial charge in [0.1, 0.15) is 6.10 Å². The normalized spacial score (nSPS) is 16.2. The minimum absolute atomic E-state index is 0.0754. The van der Waals surface area contributed by atoms with Gasteiger partial charge in [-0.1, -0.05) is 25.1 Å². The molecule has 1 amide bonds. The van der Waals surface area contributed by atoms with Crippen LogP contribution in [0.25, 0.3) is 0 Å². The maximum absolute atomic E-state index is 12.1. The molecule has 0 N–H and O–H groups in total. The van der Waals surface area contributed by atoms with E-state index in [9.17, 15) is 9.59 Å². The van der Waals surface area contributed by atoms with Crippen LogP contribution >= 0.6 is 0 Å². The molecule has 0 atom stereocenters. The smallest absolute Gasteiger partial charge is 0.338 e. The van der Waals surface area contributed by atoms with E-state index in [1.165, 1.54) is 0 Å². The maximum atomic E-state index is 12.1. The fraction of sp³-hybridized carbons (Fsp3) is 0.467. The number of aryl methyl sites for hydroxylation is 1. The Labute approximate surface area is 113 Å². The molecule has 0 bridgehead atoms. The van der Waals surface area contributed by atoms with Crippen LogP contribution in [0.4, 0.5) is 0 Å². The van der Waals surface area contributed by atoms with Crippen molar-refractivity contribution in [2.75, 3.05) is 13.1 Å². The number of ether oxygens (including phenoxy) is 1. The largest absolute Gasteiger partial charge is 0.459 e. The zero-order valence-corrected chi connectivity index (χ0v) is 11.2. The first-order valence-corrected chi connectivity index (χ1v) is 6.72. The van der Waals surface area contributed by atoms with Gasteiger partial charge < -0.3 is 9.64 Å². The van der Waals surface area contributed by atoms with Gasteiger partial charge in [0.05, 0.1) is 5.56 Å². The molecular weight excluding hydrogens is 242 g/mol. The second-order valence-electron chi connectivity index (χ2n) is 4.76. The van der Waals surface area contributed by atoms with Crippen molar-refractivity contribution in [1.82, 2.24) is 4.90 Å². The number of hydrogen-bond donors (Lipinski definition) is 0. The Kier molecular flexibility index (Phi) is 4.55. The predicted octanol–water partition coefficient (Wildman–Crippen LogP) is 2.03. The number of carbonyl (C=O) groups is 2. The van der Waals surface area contributed by atoms with Crippen molar-refractivity contribution < 1.29 is 14.3 Å². The second-order valence-corrected chi connectivity index (χ2v) is 4.76. The maximum Gasteiger partial charge on any atom is 0.338 e. The van der Waals surface area contributed by atoms with Crippen LogP contribution in [0.1, 0.15) is 35.7 Å². The van der Waals surface area contributed by atoms with E-state index in [0.717, 1.165) is 31.2 Å². The van der Waals surface area contributed by atoms with Crippen molar-refractivity contribution in [3.63, 3.8) is 0 Å². The van der Waals surface area contributed by atoms with Crippen molar-refractivity contribution in [3.05, 3.63) is 35.4 Å². The zero-order chi connectivity index (χ0) is 13.7. The lowest BCUT2D eigenvalue weighted by Gasteiger charge is -2.29. The summed E-state index contributed by atoms with van der Waals surface area (Å²) in [4.78, 5) is 24.5. The van der Waals surface area contributed by atoms with Gasteiger partial charge in [-0.3, -0.25) is 4.79 Å². The number of nitrogens with zero attached hydrogens (tertiary/aromatic N) is 1. The van der Waals surface area contributed by atoms with Crippen LogP contribution in [0.2, 0.25) is 0 Å². The predicted molar refractivity (Wildman–Crippen MR) is 71.9 cm³/mol. The highest BCUT2D eigenvalue weighted by molar-refractivity contribution is 5.91. The van der Waals surface area contributed by atoms with E-state index in [1.54, 1.807) is 4.90 Å². The highest BCUT2D eigenvalue weighted by Gasteiger charge is 2.22. The first kappa shape index (κ1) is 13.6. The van der Waals surface area contributed by atoms with Crippen LogP contribution < -0.4 is 0 Å². The summed E-state index contributed by atoms with van der Waals surface area (Å²) >= 11 is 0. The summed E-state index contributed by atoms with van der Waals surface area (Å²) in [6, 6.07) is 7.54. The third-order valence-electron chi connectivity index (χ3n) is 3.52. The molecule has 1 aromatic carbocycles. The van der Waals surface area contributed by atoms with Gasteiger partial charge >= 0.3 is 5.97 Å². The SMILES string of the molecule is CCc1ccccc1C(=O)OC1CCN(C=O)CC1. The number of piperidine rings is 1. The van der Waals surface area contributed by atoms with E-state index < -0.39 is 0 Å². The number of likely N-dealkylation sites (tertiary alicyclic amines) is 1. The molecule has 102 valence electrons. The average Bonchev–Trinajstić information content (AvgIpc) is 2.48. The molecule has 4 heteroatoms. The highest BCUT2D eigenvalue weighted by atomic mass is 16.5. The van der Waals surface area contributed by atoms with Crippen molar-refractivity contribution in [3.8, 4) is 0 Å². The molecular formula is C15H19NO3. The van der Waals surface area contributed by atoms with Gasteiger partial charge in [-0.2, -0.15) is 0 Å². The van der Waals surface area contributed by atoms with E-state index in [-0.39, 0.29) is 12.1 Å². The van der Waals surface area contributed by atoms with E-state index in [1.807, 2.05) is 31.2 Å². The first-order chi connectivity index (χ1) is 9.24. The third kappa shape index (κ3) is 3.34. The minimum Gasteiger partial charge on any atom is -0.459 e. The van der Waals surface area contributed by atoms with Gasteiger partial charge in [0.25, 0.3) is 0 Å². The quantitative estimate of drug-likeness (QED) is 0.615. The summed E-state index contributed by atoms with van der Waals surface area (Å²) in [6.07, 6.45) is 3.03. The lowest BCUT2D eigenvalue weighted by atomic mass is 10.0. The summed E-state index contributed by atoms with van der Waals surface area (Å²) in [5.74, 6) is -0.248. The van der Waals surface area contributed by atoms with Crippen molar-refractivity contribution in [2.45, 2.75) is 32.3 Å². The van der Waals surface area contributed by atoms with Crippen LogP contribution in [0.5, 0.6) is 0 Å². The van der Waals surface area contributed by atoms with E-state index in [2.05, 4.69) is 0 Å². The minimum atomic E-state index is -0.248. The van der Waals surface area contributed by atoms with Crippen molar-refractivity contribution in [2.24, 2.45) is 0 Å². The molecule has 0 aliphatic carbocycles. The van der Waals surface area contributed by atoms with Gasteiger partial charge in [-0.25, -0.2) is 4.79 Å². The molecule has 1 aliphatic heterocycles. The molecule has 1 heterocycles. The Morgan fingerprint density at radius 1 is 1.37 bits per heavy atom. The number of esters is 1. The number of amides is 1. The molecule has 4 nitrogen and oxygen atoms in total. The molecule has 19 heavy (non-hydrogen) atoms. The van der Waals surface area contributed by atoms with E-state index in [0.29, 0.717) is 18.7 Å². The second kappa shape index (κ2) is 6.36. The Morgan fingerprint density at radius 2 is 2.05 bits per heavy atom. The monoisotopic (exact) mass is 261 g/mol. The molecule has 0 unspecified atom stereocenters. The molecule has 0 saturated carbocycles. The molecule has 1 saturated heterocycles. The van der Waals surface area contributed by atoms with Gasteiger partial charge in [-0.15, -0.1) is 0 Å². The van der Waals surface area contributed by atoms with Crippen molar-refractivity contribution >= 4 is 12.4 Å². The third-order valence-corrected chi connectivity index (χ3v) is 3.52. The average molecular weight is 261 g/mol. The number of benzene rings is 1. The van der Waals surface area contributed by atoms with Crippen LogP contribution in [0, 0.1) is 0 Å². The molecule has 2 rings (SSSR count). The van der Waals surface area contributed by atoms with Gasteiger partial charge in [0, 0.05) is 25.9 Å². The lowest BCUT2D eigenvalue weighted by molar-refractivity contribution is -0.120. The summed E-state index contributed by atoms with van der Waals surface area (Å²) < 4.78 is 5.53. The van der Waals surface area contributed by atoms with Crippen LogP contribution in [-0.2, 0) is 16.0 Å². The Bertz CT molecular complexity index is 450. The Morgan fingerprint density at radius 3 is 2.68 bits per heavy atom. The molecule has 0 spiro atoms. The molecule has 1 aliphatic rings. The summed E-state index contributed by atoms with van der Waals surface area (Å²) in [6.45, 7) is 3.35. The Hall–Kier alpha value is -1.84. The van der Waals surface area contributed by atoms with Gasteiger partial charge in [-0.05, 0) is 18.1 Å². The van der Waals surface area contributed by atoms with Crippen molar-refractivity contribution in [1.29, 1.82) is 0 Å². The number of rotatable bonds is 4. The number of hydrogen-bond acceptors (Lipinski definition) is 3. The number of carbonyl (C=O) groups excluding carboxylic acids is 2. The fourth-order valence-electron chi connectivity index (χ4n) is 2.34. The van der Waals surface area contributed by atoms with Crippen LogP contribution in [0.3, 0.4) is 0 Å². The zero-order valence-electron chi connectivity index (χ0n) is 11.2. The first-order valence-electron chi connectivity index (χ1n) is 6.72. The van der Waals surface area contributed by atoms with Crippen LogP contribution in [-0.4, -0.2) is 36.5 Å².